The van der Waals surface area contributed by atoms with Crippen LogP contribution in [0.2, 0.25) is 0 Å². The topological polar surface area (TPSA) is 36.4 Å². The third-order valence-electron chi connectivity index (χ3n) is 1.89. The molecule has 0 spiro atoms. The molecule has 0 unspecified atom stereocenters. The molecule has 3 nitrogen and oxygen atoms in total. The summed E-state index contributed by atoms with van der Waals surface area (Å²) in [6.07, 6.45) is 1.11. The molecule has 0 aromatic carbocycles. The van der Waals surface area contributed by atoms with Gasteiger partial charge in [-0.25, -0.2) is 4.99 Å². The number of halogens is 1. The third-order valence-corrected chi connectivity index (χ3v) is 2.62. The molecule has 0 bridgehead atoms. The van der Waals surface area contributed by atoms with Gasteiger partial charge in [0.05, 0.1) is 6.54 Å². The number of guanidine groups is 1. The third kappa shape index (κ3) is 6.32. The molecular formula is C11H20IN3S. The second kappa shape index (κ2) is 9.89. The van der Waals surface area contributed by atoms with Gasteiger partial charge in [0.1, 0.15) is 0 Å². The summed E-state index contributed by atoms with van der Waals surface area (Å²) in [5.41, 5.74) is 1.27. The van der Waals surface area contributed by atoms with E-state index in [-0.39, 0.29) is 24.0 Å². The molecule has 1 heterocycles. The first-order valence-electron chi connectivity index (χ1n) is 5.40. The van der Waals surface area contributed by atoms with Crippen molar-refractivity contribution in [1.29, 1.82) is 0 Å². The molecule has 2 N–H and O–H groups in total. The lowest BCUT2D eigenvalue weighted by atomic mass is 10.3. The van der Waals surface area contributed by atoms with Crippen molar-refractivity contribution in [2.75, 3.05) is 13.1 Å². The fourth-order valence-electron chi connectivity index (χ4n) is 1.14. The second-order valence-electron chi connectivity index (χ2n) is 3.25. The summed E-state index contributed by atoms with van der Waals surface area (Å²) in [4.78, 5) is 4.49. The summed E-state index contributed by atoms with van der Waals surface area (Å²) < 4.78 is 0. The van der Waals surface area contributed by atoms with E-state index in [4.69, 9.17) is 0 Å². The van der Waals surface area contributed by atoms with E-state index in [1.54, 1.807) is 11.3 Å². The molecule has 0 aliphatic carbocycles. The minimum Gasteiger partial charge on any atom is -0.357 e. The molecule has 0 saturated carbocycles. The van der Waals surface area contributed by atoms with Gasteiger partial charge >= 0.3 is 0 Å². The Labute approximate surface area is 119 Å². The zero-order chi connectivity index (χ0) is 10.9. The van der Waals surface area contributed by atoms with Gasteiger partial charge in [0.2, 0.25) is 0 Å². The molecular weight excluding hydrogens is 333 g/mol. The Bertz CT molecular complexity index is 285. The van der Waals surface area contributed by atoms with Crippen LogP contribution in [0, 0.1) is 0 Å². The highest BCUT2D eigenvalue weighted by atomic mass is 127. The van der Waals surface area contributed by atoms with Crippen LogP contribution in [0.15, 0.2) is 21.8 Å². The van der Waals surface area contributed by atoms with Crippen molar-refractivity contribution in [3.05, 3.63) is 22.4 Å². The number of nitrogens with zero attached hydrogens (tertiary/aromatic N) is 1. The largest absolute Gasteiger partial charge is 0.357 e. The van der Waals surface area contributed by atoms with E-state index in [0.29, 0.717) is 0 Å². The molecule has 0 radical (unpaired) electrons. The normalized spacial score (nSPS) is 10.8. The molecule has 5 heteroatoms. The van der Waals surface area contributed by atoms with Crippen molar-refractivity contribution in [1.82, 2.24) is 10.6 Å². The van der Waals surface area contributed by atoms with Gasteiger partial charge in [0.15, 0.2) is 5.96 Å². The van der Waals surface area contributed by atoms with Gasteiger partial charge in [-0.1, -0.05) is 6.92 Å². The zero-order valence-electron chi connectivity index (χ0n) is 9.82. The Balaban J connectivity index is 0.00000225. The van der Waals surface area contributed by atoms with Crippen molar-refractivity contribution in [2.45, 2.75) is 26.8 Å². The maximum absolute atomic E-state index is 4.49. The van der Waals surface area contributed by atoms with Gasteiger partial charge in [-0.05, 0) is 35.7 Å². The standard InChI is InChI=1S/C11H19N3S.HI/c1-3-6-13-11(12-4-2)14-8-10-5-7-15-9-10;/h5,7,9H,3-4,6,8H2,1-2H3,(H2,12,13,14);1H. The highest BCUT2D eigenvalue weighted by Gasteiger charge is 1.95. The van der Waals surface area contributed by atoms with Crippen LogP contribution in [0.1, 0.15) is 25.8 Å². The molecule has 92 valence electrons. The van der Waals surface area contributed by atoms with Crippen LogP contribution in [0.3, 0.4) is 0 Å². The van der Waals surface area contributed by atoms with Crippen molar-refractivity contribution in [3.63, 3.8) is 0 Å². The summed E-state index contributed by atoms with van der Waals surface area (Å²) in [6.45, 7) is 6.85. The molecule has 1 rings (SSSR count). The number of hydrogen-bond donors (Lipinski definition) is 2. The smallest absolute Gasteiger partial charge is 0.191 e. The van der Waals surface area contributed by atoms with E-state index in [9.17, 15) is 0 Å². The molecule has 1 aromatic rings. The van der Waals surface area contributed by atoms with Crippen LogP contribution in [-0.2, 0) is 6.54 Å². The highest BCUT2D eigenvalue weighted by molar-refractivity contribution is 14.0. The number of thiophene rings is 1. The first kappa shape index (κ1) is 15.7. The summed E-state index contributed by atoms with van der Waals surface area (Å²) in [5, 5.41) is 10.7. The van der Waals surface area contributed by atoms with Crippen LogP contribution < -0.4 is 10.6 Å². The van der Waals surface area contributed by atoms with E-state index in [2.05, 4.69) is 46.3 Å². The average Bonchev–Trinajstić information content (AvgIpc) is 2.75. The summed E-state index contributed by atoms with van der Waals surface area (Å²) in [6, 6.07) is 2.11. The maximum Gasteiger partial charge on any atom is 0.191 e. The SMILES string of the molecule is CCCNC(=NCc1ccsc1)NCC.I. The first-order valence-corrected chi connectivity index (χ1v) is 6.34. The lowest BCUT2D eigenvalue weighted by Crippen LogP contribution is -2.37. The van der Waals surface area contributed by atoms with Gasteiger partial charge in [0, 0.05) is 13.1 Å². The minimum atomic E-state index is 0. The van der Waals surface area contributed by atoms with Gasteiger partial charge in [0.25, 0.3) is 0 Å². The lowest BCUT2D eigenvalue weighted by Gasteiger charge is -2.09. The zero-order valence-corrected chi connectivity index (χ0v) is 13.0. The Morgan fingerprint density at radius 3 is 2.75 bits per heavy atom. The number of rotatable bonds is 5. The van der Waals surface area contributed by atoms with Crippen molar-refractivity contribution >= 4 is 41.3 Å². The summed E-state index contributed by atoms with van der Waals surface area (Å²) in [5.74, 6) is 0.908. The van der Waals surface area contributed by atoms with E-state index in [0.717, 1.165) is 32.0 Å². The van der Waals surface area contributed by atoms with Crippen LogP contribution >= 0.6 is 35.3 Å². The second-order valence-corrected chi connectivity index (χ2v) is 4.03. The average molecular weight is 353 g/mol. The number of hydrogen-bond acceptors (Lipinski definition) is 2. The van der Waals surface area contributed by atoms with E-state index < -0.39 is 0 Å². The fraction of sp³-hybridized carbons (Fsp3) is 0.545. The Kier molecular flexibility index (Phi) is 9.71. The van der Waals surface area contributed by atoms with Crippen LogP contribution in [0.25, 0.3) is 0 Å². The minimum absolute atomic E-state index is 0. The Morgan fingerprint density at radius 2 is 2.19 bits per heavy atom. The lowest BCUT2D eigenvalue weighted by molar-refractivity contribution is 0.785. The predicted molar refractivity (Wildman–Crippen MR) is 82.8 cm³/mol. The predicted octanol–water partition coefficient (Wildman–Crippen LogP) is 2.83. The Hall–Kier alpha value is -0.300. The summed E-state index contributed by atoms with van der Waals surface area (Å²) in [7, 11) is 0. The van der Waals surface area contributed by atoms with Crippen molar-refractivity contribution < 1.29 is 0 Å². The quantitative estimate of drug-likeness (QED) is 0.485. The van der Waals surface area contributed by atoms with Gasteiger partial charge in [-0.3, -0.25) is 0 Å². The number of aliphatic imine (C=N–C) groups is 1. The van der Waals surface area contributed by atoms with E-state index in [1.165, 1.54) is 5.56 Å². The van der Waals surface area contributed by atoms with Crippen LogP contribution in [-0.4, -0.2) is 19.0 Å². The molecule has 0 aliphatic heterocycles. The highest BCUT2D eigenvalue weighted by Crippen LogP contribution is 2.06. The molecule has 0 atom stereocenters. The molecule has 0 saturated heterocycles. The summed E-state index contributed by atoms with van der Waals surface area (Å²) >= 11 is 1.71. The molecule has 16 heavy (non-hydrogen) atoms. The van der Waals surface area contributed by atoms with E-state index in [1.807, 2.05) is 0 Å². The van der Waals surface area contributed by atoms with Crippen molar-refractivity contribution in [3.8, 4) is 0 Å². The van der Waals surface area contributed by atoms with Gasteiger partial charge in [-0.15, -0.1) is 24.0 Å². The molecule has 1 aromatic heterocycles. The van der Waals surface area contributed by atoms with Gasteiger partial charge < -0.3 is 10.6 Å². The molecule has 0 fully saturated rings. The number of nitrogens with one attached hydrogen (secondary N) is 2. The van der Waals surface area contributed by atoms with Crippen molar-refractivity contribution in [2.24, 2.45) is 4.99 Å². The van der Waals surface area contributed by atoms with Crippen LogP contribution in [0.5, 0.6) is 0 Å². The first-order chi connectivity index (χ1) is 7.36. The van der Waals surface area contributed by atoms with E-state index >= 15 is 0 Å². The van der Waals surface area contributed by atoms with Crippen LogP contribution in [0.4, 0.5) is 0 Å². The van der Waals surface area contributed by atoms with Gasteiger partial charge in [-0.2, -0.15) is 11.3 Å². The molecule has 0 aliphatic rings. The monoisotopic (exact) mass is 353 g/mol. The maximum atomic E-state index is 4.49. The fourth-order valence-corrected chi connectivity index (χ4v) is 1.80. The Morgan fingerprint density at radius 1 is 1.38 bits per heavy atom. The molecule has 0 amide bonds.